The predicted molar refractivity (Wildman–Crippen MR) is 101 cm³/mol. The molecule has 5 nitrogen and oxygen atoms in total. The van der Waals surface area contributed by atoms with Crippen LogP contribution in [0.25, 0.3) is 0 Å². The molecule has 1 aromatic carbocycles. The minimum atomic E-state index is -0.304. The Hall–Kier alpha value is -2.58. The van der Waals surface area contributed by atoms with E-state index in [2.05, 4.69) is 16.9 Å². The van der Waals surface area contributed by atoms with Crippen molar-refractivity contribution in [2.24, 2.45) is 0 Å². The van der Waals surface area contributed by atoms with Crippen molar-refractivity contribution < 1.29 is 19.1 Å². The molecule has 1 saturated heterocycles. The molecule has 0 spiro atoms. The summed E-state index contributed by atoms with van der Waals surface area (Å²) >= 11 is 0. The number of terminal acetylenes is 1. The van der Waals surface area contributed by atoms with E-state index < -0.39 is 0 Å². The van der Waals surface area contributed by atoms with Crippen LogP contribution in [0.4, 0.5) is 0 Å². The molecule has 0 saturated carbocycles. The highest BCUT2D eigenvalue weighted by Gasteiger charge is 2.53. The lowest BCUT2D eigenvalue weighted by molar-refractivity contribution is -0.134. The number of allylic oxidation sites excluding steroid dienone is 1. The zero-order valence-electron chi connectivity index (χ0n) is 15.5. The standard InChI is InChI=1S/C22H23NO4/c1-3-4-5-6-21(25)27-19-11-15-14-23-10-9-22(17(15)13-18(19)26-2)8-7-16(24)12-20(22)23/h1,7-8,11,13,20H,4-6,9-10,12,14H2,2H3/t20-,22-/m0/s1. The minimum absolute atomic E-state index is 0.149. The summed E-state index contributed by atoms with van der Waals surface area (Å²) in [5.41, 5.74) is 2.17. The molecule has 140 valence electrons. The summed E-state index contributed by atoms with van der Waals surface area (Å²) in [5.74, 6) is 3.42. The molecule has 0 aromatic heterocycles. The number of carbonyl (C=O) groups excluding carboxylic acids is 2. The van der Waals surface area contributed by atoms with Crippen LogP contribution in [0.5, 0.6) is 11.5 Å². The number of ketones is 1. The molecule has 27 heavy (non-hydrogen) atoms. The van der Waals surface area contributed by atoms with Gasteiger partial charge in [-0.1, -0.05) is 6.08 Å². The Morgan fingerprint density at radius 1 is 1.41 bits per heavy atom. The van der Waals surface area contributed by atoms with E-state index in [4.69, 9.17) is 15.9 Å². The molecule has 1 aliphatic carbocycles. The second-order valence-electron chi connectivity index (χ2n) is 7.47. The number of hydrogen-bond donors (Lipinski definition) is 0. The van der Waals surface area contributed by atoms with Gasteiger partial charge in [-0.05, 0) is 42.2 Å². The molecule has 4 rings (SSSR count). The van der Waals surface area contributed by atoms with Crippen LogP contribution in [0.2, 0.25) is 0 Å². The summed E-state index contributed by atoms with van der Waals surface area (Å²) in [7, 11) is 1.58. The average molecular weight is 365 g/mol. The van der Waals surface area contributed by atoms with E-state index in [-0.39, 0.29) is 29.6 Å². The number of benzene rings is 1. The number of nitrogens with zero attached hydrogens (tertiary/aromatic N) is 1. The number of esters is 1. The zero-order valence-corrected chi connectivity index (χ0v) is 15.5. The molecular formula is C22H23NO4. The van der Waals surface area contributed by atoms with Crippen LogP contribution >= 0.6 is 0 Å². The van der Waals surface area contributed by atoms with Gasteiger partial charge in [-0.15, -0.1) is 12.3 Å². The summed E-state index contributed by atoms with van der Waals surface area (Å²) in [5, 5.41) is 0. The quantitative estimate of drug-likeness (QED) is 0.348. The molecule has 2 aliphatic heterocycles. The maximum absolute atomic E-state index is 12.1. The molecule has 3 aliphatic rings. The van der Waals surface area contributed by atoms with E-state index in [1.165, 1.54) is 5.56 Å². The monoisotopic (exact) mass is 365 g/mol. The van der Waals surface area contributed by atoms with Crippen molar-refractivity contribution in [3.63, 3.8) is 0 Å². The number of fused-ring (bicyclic) bond motifs is 1. The fourth-order valence-corrected chi connectivity index (χ4v) is 4.71. The van der Waals surface area contributed by atoms with Crippen molar-refractivity contribution in [1.82, 2.24) is 4.90 Å². The number of methoxy groups -OCH3 is 1. The van der Waals surface area contributed by atoms with Gasteiger partial charge in [-0.2, -0.15) is 0 Å². The van der Waals surface area contributed by atoms with Crippen molar-refractivity contribution in [3.8, 4) is 23.8 Å². The average Bonchev–Trinajstić information content (AvgIpc) is 2.93. The van der Waals surface area contributed by atoms with E-state index in [0.29, 0.717) is 30.8 Å². The Labute approximate surface area is 159 Å². The third-order valence-corrected chi connectivity index (χ3v) is 6.00. The Balaban J connectivity index is 1.67. The van der Waals surface area contributed by atoms with Gasteiger partial charge in [0, 0.05) is 43.8 Å². The first-order valence-corrected chi connectivity index (χ1v) is 9.39. The molecule has 0 radical (unpaired) electrons. The van der Waals surface area contributed by atoms with E-state index >= 15 is 0 Å². The maximum atomic E-state index is 12.1. The topological polar surface area (TPSA) is 55.8 Å². The molecule has 0 N–H and O–H groups in total. The Bertz CT molecular complexity index is 866. The van der Waals surface area contributed by atoms with E-state index in [1.807, 2.05) is 12.1 Å². The SMILES string of the molecule is C#CCCCC(=O)Oc1cc2c(cc1OC)[C@@]13C=CC(=O)C[C@@H]1N(CC3)C2. The highest BCUT2D eigenvalue weighted by molar-refractivity contribution is 5.92. The summed E-state index contributed by atoms with van der Waals surface area (Å²) in [6.07, 6.45) is 12.0. The van der Waals surface area contributed by atoms with Crippen LogP contribution in [-0.4, -0.2) is 36.3 Å². The van der Waals surface area contributed by atoms with E-state index in [0.717, 1.165) is 25.1 Å². The number of carbonyl (C=O) groups is 2. The number of rotatable bonds is 5. The van der Waals surface area contributed by atoms with Gasteiger partial charge in [-0.3, -0.25) is 14.5 Å². The minimum Gasteiger partial charge on any atom is -0.493 e. The summed E-state index contributed by atoms with van der Waals surface area (Å²) in [4.78, 5) is 26.4. The molecule has 1 unspecified atom stereocenters. The fraction of sp³-hybridized carbons (Fsp3) is 0.455. The lowest BCUT2D eigenvalue weighted by atomic mass is 9.67. The molecule has 2 heterocycles. The Morgan fingerprint density at radius 3 is 3.04 bits per heavy atom. The van der Waals surface area contributed by atoms with Gasteiger partial charge >= 0.3 is 5.97 Å². The first kappa shape index (κ1) is 17.8. The first-order chi connectivity index (χ1) is 13.1. The first-order valence-electron chi connectivity index (χ1n) is 9.39. The highest BCUT2D eigenvalue weighted by Crippen LogP contribution is 2.52. The highest BCUT2D eigenvalue weighted by atomic mass is 16.6. The van der Waals surface area contributed by atoms with Crippen molar-refractivity contribution in [2.45, 2.75) is 50.1 Å². The van der Waals surface area contributed by atoms with Crippen molar-refractivity contribution in [1.29, 1.82) is 0 Å². The number of hydrogen-bond acceptors (Lipinski definition) is 5. The fourth-order valence-electron chi connectivity index (χ4n) is 4.71. The van der Waals surface area contributed by atoms with Gasteiger partial charge in [0.1, 0.15) is 0 Å². The third-order valence-electron chi connectivity index (χ3n) is 6.00. The van der Waals surface area contributed by atoms with Crippen LogP contribution in [0.1, 0.15) is 43.2 Å². The Morgan fingerprint density at radius 2 is 2.26 bits per heavy atom. The van der Waals surface area contributed by atoms with Crippen LogP contribution in [0.15, 0.2) is 24.3 Å². The largest absolute Gasteiger partial charge is 0.493 e. The van der Waals surface area contributed by atoms with Crippen LogP contribution in [0.3, 0.4) is 0 Å². The maximum Gasteiger partial charge on any atom is 0.311 e. The molecular weight excluding hydrogens is 342 g/mol. The van der Waals surface area contributed by atoms with Gasteiger partial charge < -0.3 is 9.47 Å². The van der Waals surface area contributed by atoms with E-state index in [9.17, 15) is 9.59 Å². The summed E-state index contributed by atoms with van der Waals surface area (Å²) < 4.78 is 11.1. The zero-order chi connectivity index (χ0) is 19.0. The van der Waals surface area contributed by atoms with Gasteiger partial charge in [0.15, 0.2) is 17.3 Å². The number of unbranched alkanes of at least 4 members (excludes halogenated alkanes) is 1. The number of ether oxygens (including phenoxy) is 2. The molecule has 3 atom stereocenters. The van der Waals surface area contributed by atoms with Gasteiger partial charge in [-0.25, -0.2) is 0 Å². The second kappa shape index (κ2) is 6.86. The summed E-state index contributed by atoms with van der Waals surface area (Å²) in [6, 6.07) is 4.13. The molecule has 1 fully saturated rings. The molecule has 2 bridgehead atoms. The molecule has 0 amide bonds. The van der Waals surface area contributed by atoms with Gasteiger partial charge in [0.2, 0.25) is 0 Å². The Kier molecular flexibility index (Phi) is 4.53. The normalized spacial score (nSPS) is 27.5. The van der Waals surface area contributed by atoms with Gasteiger partial charge in [0.05, 0.1) is 7.11 Å². The third kappa shape index (κ3) is 2.94. The predicted octanol–water partition coefficient (Wildman–Crippen LogP) is 2.76. The van der Waals surface area contributed by atoms with Gasteiger partial charge in [0.25, 0.3) is 0 Å². The van der Waals surface area contributed by atoms with Crippen molar-refractivity contribution >= 4 is 11.8 Å². The lowest BCUT2D eigenvalue weighted by Crippen LogP contribution is -2.48. The molecule has 1 aromatic rings. The lowest BCUT2D eigenvalue weighted by Gasteiger charge is -2.44. The smallest absolute Gasteiger partial charge is 0.311 e. The van der Waals surface area contributed by atoms with Crippen LogP contribution < -0.4 is 9.47 Å². The van der Waals surface area contributed by atoms with Crippen molar-refractivity contribution in [2.75, 3.05) is 13.7 Å². The molecule has 5 heteroatoms. The van der Waals surface area contributed by atoms with Crippen LogP contribution in [-0.2, 0) is 21.5 Å². The second-order valence-corrected chi connectivity index (χ2v) is 7.47. The summed E-state index contributed by atoms with van der Waals surface area (Å²) in [6.45, 7) is 1.72. The van der Waals surface area contributed by atoms with Crippen LogP contribution in [0, 0.1) is 12.3 Å². The van der Waals surface area contributed by atoms with Crippen molar-refractivity contribution in [3.05, 3.63) is 35.4 Å². The van der Waals surface area contributed by atoms with E-state index in [1.54, 1.807) is 13.2 Å².